The van der Waals surface area contributed by atoms with Crippen LogP contribution < -0.4 is 10.6 Å². The first kappa shape index (κ1) is 12.5. The Hall–Kier alpha value is -1.49. The molecule has 1 saturated heterocycles. The molecule has 2 aliphatic rings. The number of rotatable bonds is 2. The van der Waals surface area contributed by atoms with Gasteiger partial charge < -0.3 is 10.6 Å². The van der Waals surface area contributed by atoms with E-state index in [0.717, 1.165) is 44.0 Å². The molecule has 0 aromatic heterocycles. The molecule has 2 N–H and O–H groups in total. The van der Waals surface area contributed by atoms with Crippen LogP contribution in [0.25, 0.3) is 0 Å². The minimum Gasteiger partial charge on any atom is -0.322 e. The highest BCUT2D eigenvalue weighted by atomic mass is 19.1. The van der Waals surface area contributed by atoms with Gasteiger partial charge in [-0.2, -0.15) is 0 Å². The Bertz CT molecular complexity index is 506. The Kier molecular flexibility index (Phi) is 3.22. The van der Waals surface area contributed by atoms with E-state index in [1.165, 1.54) is 0 Å². The monoisotopic (exact) mass is 266 g/mol. The lowest BCUT2D eigenvalue weighted by Gasteiger charge is -2.18. The lowest BCUT2D eigenvalue weighted by atomic mass is 9.93. The highest BCUT2D eigenvalue weighted by Crippen LogP contribution is 2.38. The molecule has 0 spiro atoms. The summed E-state index contributed by atoms with van der Waals surface area (Å²) in [4.78, 5) is 12.2. The molecule has 1 aromatic carbocycles. The van der Waals surface area contributed by atoms with Crippen LogP contribution in [0.3, 0.4) is 0 Å². The quantitative estimate of drug-likeness (QED) is 0.862. The number of halogens is 2. The Morgan fingerprint density at radius 3 is 3.00 bits per heavy atom. The molecule has 2 fully saturated rings. The molecule has 3 atom stereocenters. The van der Waals surface area contributed by atoms with Crippen LogP contribution in [0, 0.1) is 23.5 Å². The summed E-state index contributed by atoms with van der Waals surface area (Å²) in [6, 6.07) is 2.78. The second-order valence-electron chi connectivity index (χ2n) is 5.35. The van der Waals surface area contributed by atoms with Gasteiger partial charge >= 0.3 is 0 Å². The largest absolute Gasteiger partial charge is 0.322 e. The Morgan fingerprint density at radius 2 is 2.16 bits per heavy atom. The molecule has 1 saturated carbocycles. The number of nitrogens with one attached hydrogen (secondary N) is 2. The third-order valence-corrected chi connectivity index (χ3v) is 4.21. The number of amides is 1. The second kappa shape index (κ2) is 4.89. The summed E-state index contributed by atoms with van der Waals surface area (Å²) in [5.74, 6) is -0.561. The average Bonchev–Trinajstić information content (AvgIpc) is 2.95. The fourth-order valence-electron chi connectivity index (χ4n) is 3.28. The predicted octanol–water partition coefficient (Wildman–Crippen LogP) is 2.29. The molecule has 0 radical (unpaired) electrons. The third-order valence-electron chi connectivity index (χ3n) is 4.21. The van der Waals surface area contributed by atoms with Crippen molar-refractivity contribution in [2.45, 2.75) is 25.3 Å². The summed E-state index contributed by atoms with van der Waals surface area (Å²) in [5, 5.41) is 5.67. The number of benzene rings is 1. The lowest BCUT2D eigenvalue weighted by Crippen LogP contribution is -2.39. The van der Waals surface area contributed by atoms with Crippen LogP contribution in [-0.4, -0.2) is 18.5 Å². The first-order valence-electron chi connectivity index (χ1n) is 6.64. The van der Waals surface area contributed by atoms with E-state index in [4.69, 9.17) is 0 Å². The summed E-state index contributed by atoms with van der Waals surface area (Å²) in [6.07, 6.45) is 3.33. The molecule has 102 valence electrons. The van der Waals surface area contributed by atoms with Crippen LogP contribution in [-0.2, 0) is 4.79 Å². The maximum Gasteiger partial charge on any atom is 0.241 e. The number of carbonyl (C=O) groups is 1. The normalized spacial score (nSPS) is 29.3. The maximum atomic E-state index is 13.5. The van der Waals surface area contributed by atoms with Gasteiger partial charge in [-0.1, -0.05) is 6.42 Å². The third kappa shape index (κ3) is 2.34. The van der Waals surface area contributed by atoms with Crippen LogP contribution in [0.15, 0.2) is 18.2 Å². The van der Waals surface area contributed by atoms with Gasteiger partial charge in [0.2, 0.25) is 5.91 Å². The van der Waals surface area contributed by atoms with E-state index in [-0.39, 0.29) is 17.6 Å². The van der Waals surface area contributed by atoms with Gasteiger partial charge in [-0.25, -0.2) is 8.78 Å². The lowest BCUT2D eigenvalue weighted by molar-refractivity contribution is -0.118. The molecule has 1 heterocycles. The zero-order valence-corrected chi connectivity index (χ0v) is 10.5. The molecular formula is C14H16F2N2O. The molecule has 0 bridgehead atoms. The second-order valence-corrected chi connectivity index (χ2v) is 5.35. The van der Waals surface area contributed by atoms with E-state index >= 15 is 0 Å². The van der Waals surface area contributed by atoms with Crippen molar-refractivity contribution in [3.63, 3.8) is 0 Å². The smallest absolute Gasteiger partial charge is 0.241 e. The maximum absolute atomic E-state index is 13.5. The van der Waals surface area contributed by atoms with E-state index in [9.17, 15) is 13.6 Å². The molecule has 1 aromatic rings. The SMILES string of the molecule is O=C(Nc1cc(F)ccc1F)C1NCC2CCCC21. The Balaban J connectivity index is 1.73. The zero-order chi connectivity index (χ0) is 13.4. The topological polar surface area (TPSA) is 41.1 Å². The average molecular weight is 266 g/mol. The number of anilines is 1. The van der Waals surface area contributed by atoms with Crippen LogP contribution in [0.1, 0.15) is 19.3 Å². The molecule has 1 amide bonds. The van der Waals surface area contributed by atoms with Crippen molar-refractivity contribution in [1.82, 2.24) is 5.32 Å². The van der Waals surface area contributed by atoms with Crippen molar-refractivity contribution in [1.29, 1.82) is 0 Å². The van der Waals surface area contributed by atoms with Gasteiger partial charge in [-0.05, 0) is 43.4 Å². The molecule has 5 heteroatoms. The minimum absolute atomic E-state index is 0.0896. The van der Waals surface area contributed by atoms with Crippen molar-refractivity contribution in [3.8, 4) is 0 Å². The summed E-state index contributed by atoms with van der Waals surface area (Å²) in [7, 11) is 0. The zero-order valence-electron chi connectivity index (χ0n) is 10.5. The van der Waals surface area contributed by atoms with Crippen molar-refractivity contribution in [3.05, 3.63) is 29.8 Å². The highest BCUT2D eigenvalue weighted by molar-refractivity contribution is 5.95. The number of hydrogen-bond donors (Lipinski definition) is 2. The van der Waals surface area contributed by atoms with Gasteiger partial charge in [-0.3, -0.25) is 4.79 Å². The van der Waals surface area contributed by atoms with E-state index < -0.39 is 11.6 Å². The van der Waals surface area contributed by atoms with Gasteiger partial charge in [0.15, 0.2) is 0 Å². The van der Waals surface area contributed by atoms with Crippen LogP contribution >= 0.6 is 0 Å². The first-order chi connectivity index (χ1) is 9.15. The summed E-state index contributed by atoms with van der Waals surface area (Å²) in [5.41, 5.74) is -0.0896. The molecule has 3 unspecified atom stereocenters. The van der Waals surface area contributed by atoms with Gasteiger partial charge in [0, 0.05) is 6.07 Å². The summed E-state index contributed by atoms with van der Waals surface area (Å²) < 4.78 is 26.5. The molecular weight excluding hydrogens is 250 g/mol. The van der Waals surface area contributed by atoms with E-state index in [0.29, 0.717) is 11.8 Å². The standard InChI is InChI=1S/C14H16F2N2O/c15-9-4-5-11(16)12(6-9)18-14(19)13-10-3-1-2-8(10)7-17-13/h4-6,8,10,13,17H,1-3,7H2,(H,18,19). The molecule has 1 aliphatic carbocycles. The van der Waals surface area contributed by atoms with Crippen molar-refractivity contribution < 1.29 is 13.6 Å². The highest BCUT2D eigenvalue weighted by Gasteiger charge is 2.42. The molecule has 3 rings (SSSR count). The molecule has 19 heavy (non-hydrogen) atoms. The summed E-state index contributed by atoms with van der Waals surface area (Å²) >= 11 is 0. The van der Waals surface area contributed by atoms with Gasteiger partial charge in [0.1, 0.15) is 11.6 Å². The van der Waals surface area contributed by atoms with Crippen LogP contribution in [0.4, 0.5) is 14.5 Å². The number of hydrogen-bond acceptors (Lipinski definition) is 2. The molecule has 1 aliphatic heterocycles. The van der Waals surface area contributed by atoms with E-state index in [2.05, 4.69) is 10.6 Å². The predicted molar refractivity (Wildman–Crippen MR) is 67.6 cm³/mol. The van der Waals surface area contributed by atoms with Gasteiger partial charge in [0.25, 0.3) is 0 Å². The fourth-order valence-corrected chi connectivity index (χ4v) is 3.28. The summed E-state index contributed by atoms with van der Waals surface area (Å²) in [6.45, 7) is 0.842. The fraction of sp³-hybridized carbons (Fsp3) is 0.500. The number of carbonyl (C=O) groups excluding carboxylic acids is 1. The van der Waals surface area contributed by atoms with Crippen molar-refractivity contribution >= 4 is 11.6 Å². The van der Waals surface area contributed by atoms with Crippen LogP contribution in [0.5, 0.6) is 0 Å². The molecule has 3 nitrogen and oxygen atoms in total. The van der Waals surface area contributed by atoms with Crippen LogP contribution in [0.2, 0.25) is 0 Å². The first-order valence-corrected chi connectivity index (χ1v) is 6.64. The number of fused-ring (bicyclic) bond motifs is 1. The van der Waals surface area contributed by atoms with E-state index in [1.54, 1.807) is 0 Å². The Labute approximate surface area is 110 Å². The van der Waals surface area contributed by atoms with Crippen molar-refractivity contribution in [2.24, 2.45) is 11.8 Å². The van der Waals surface area contributed by atoms with E-state index in [1.807, 2.05) is 0 Å². The van der Waals surface area contributed by atoms with Gasteiger partial charge in [-0.15, -0.1) is 0 Å². The van der Waals surface area contributed by atoms with Crippen molar-refractivity contribution in [2.75, 3.05) is 11.9 Å². The van der Waals surface area contributed by atoms with Gasteiger partial charge in [0.05, 0.1) is 11.7 Å². The minimum atomic E-state index is -0.615. The Morgan fingerprint density at radius 1 is 1.32 bits per heavy atom.